The number of ether oxygens (including phenoxy) is 1. The quantitative estimate of drug-likeness (QED) is 0.688. The van der Waals surface area contributed by atoms with Crippen LogP contribution in [0.5, 0.6) is 5.75 Å². The molecule has 2 rings (SSSR count). The first-order valence-electron chi connectivity index (χ1n) is 5.93. The monoisotopic (exact) mass is 277 g/mol. The molecule has 0 spiro atoms. The van der Waals surface area contributed by atoms with Gasteiger partial charge in [-0.25, -0.2) is 0 Å². The Kier molecular flexibility index (Phi) is 3.98. The van der Waals surface area contributed by atoms with Crippen LogP contribution in [0.2, 0.25) is 0 Å². The van der Waals surface area contributed by atoms with Crippen molar-refractivity contribution in [3.8, 4) is 5.75 Å². The molecule has 2 aromatic carbocycles. The lowest BCUT2D eigenvalue weighted by Gasteiger charge is -2.07. The van der Waals surface area contributed by atoms with E-state index in [1.165, 1.54) is 24.3 Å². The van der Waals surface area contributed by atoms with Gasteiger partial charge in [0.25, 0.3) is 0 Å². The highest BCUT2D eigenvalue weighted by Gasteiger charge is 2.11. The van der Waals surface area contributed by atoms with Crippen molar-refractivity contribution >= 4 is 11.5 Å². The second-order valence-corrected chi connectivity index (χ2v) is 4.30. The Bertz CT molecular complexity index is 624. The van der Waals surface area contributed by atoms with Gasteiger partial charge in [-0.05, 0) is 55.0 Å². The molecule has 20 heavy (non-hydrogen) atoms. The van der Waals surface area contributed by atoms with Gasteiger partial charge in [0.15, 0.2) is 5.78 Å². The number of anilines is 1. The number of carbonyl (C=O) groups is 1. The van der Waals surface area contributed by atoms with Crippen LogP contribution in [0.4, 0.5) is 14.5 Å². The summed E-state index contributed by atoms with van der Waals surface area (Å²) in [5, 5.41) is 0. The second-order valence-electron chi connectivity index (χ2n) is 4.30. The number of nitrogen functional groups attached to an aromatic ring is 1. The second kappa shape index (κ2) is 5.69. The maximum Gasteiger partial charge on any atom is 0.387 e. The molecule has 0 bridgehead atoms. The first kappa shape index (κ1) is 14.0. The first-order valence-corrected chi connectivity index (χ1v) is 5.93. The molecule has 3 nitrogen and oxygen atoms in total. The maximum atomic E-state index is 12.2. The van der Waals surface area contributed by atoms with Crippen LogP contribution in [0.15, 0.2) is 42.5 Å². The minimum atomic E-state index is -2.88. The van der Waals surface area contributed by atoms with Crippen LogP contribution < -0.4 is 10.5 Å². The number of hydrogen-bond donors (Lipinski definition) is 1. The summed E-state index contributed by atoms with van der Waals surface area (Å²) in [5.74, 6) is -0.179. The lowest BCUT2D eigenvalue weighted by atomic mass is 10.0. The third kappa shape index (κ3) is 3.12. The first-order chi connectivity index (χ1) is 9.47. The van der Waals surface area contributed by atoms with E-state index in [9.17, 15) is 13.6 Å². The van der Waals surface area contributed by atoms with Crippen molar-refractivity contribution in [3.63, 3.8) is 0 Å². The van der Waals surface area contributed by atoms with Crippen LogP contribution in [0.25, 0.3) is 0 Å². The van der Waals surface area contributed by atoms with Crippen LogP contribution in [-0.2, 0) is 0 Å². The molecule has 0 amide bonds. The van der Waals surface area contributed by atoms with Gasteiger partial charge in [0.1, 0.15) is 5.75 Å². The number of benzene rings is 2. The van der Waals surface area contributed by atoms with E-state index in [1.807, 2.05) is 6.92 Å². The molecule has 2 N–H and O–H groups in total. The Labute approximate surface area is 115 Å². The summed E-state index contributed by atoms with van der Waals surface area (Å²) in [6, 6.07) is 10.6. The van der Waals surface area contributed by atoms with Crippen LogP contribution in [0, 0.1) is 6.92 Å². The Morgan fingerprint density at radius 2 is 1.70 bits per heavy atom. The van der Waals surface area contributed by atoms with E-state index in [2.05, 4.69) is 4.74 Å². The number of carbonyl (C=O) groups excluding carboxylic acids is 1. The molecule has 5 heteroatoms. The zero-order valence-corrected chi connectivity index (χ0v) is 10.8. The Balaban J connectivity index is 2.22. The van der Waals surface area contributed by atoms with Crippen LogP contribution in [0.3, 0.4) is 0 Å². The SMILES string of the molecule is Cc1cc(C(=O)c2ccc(OC(F)F)cc2)ccc1N. The summed E-state index contributed by atoms with van der Waals surface area (Å²) < 4.78 is 28.3. The summed E-state index contributed by atoms with van der Waals surface area (Å²) >= 11 is 0. The lowest BCUT2D eigenvalue weighted by molar-refractivity contribution is -0.0498. The standard InChI is InChI=1S/C15H13F2NO2/c1-9-8-11(4-7-13(9)18)14(19)10-2-5-12(6-3-10)20-15(16)17/h2-8,15H,18H2,1H3. The van der Waals surface area contributed by atoms with Crippen molar-refractivity contribution in [3.05, 3.63) is 59.2 Å². The molecule has 0 radical (unpaired) electrons. The maximum absolute atomic E-state index is 12.2. The average molecular weight is 277 g/mol. The molecular formula is C15H13F2NO2. The summed E-state index contributed by atoms with van der Waals surface area (Å²) in [6.07, 6.45) is 0. The van der Waals surface area contributed by atoms with Gasteiger partial charge in [-0.3, -0.25) is 4.79 Å². The van der Waals surface area contributed by atoms with Gasteiger partial charge in [-0.15, -0.1) is 0 Å². The summed E-state index contributed by atoms with van der Waals surface area (Å²) in [4.78, 5) is 12.2. The zero-order chi connectivity index (χ0) is 14.7. The number of halogens is 2. The number of hydrogen-bond acceptors (Lipinski definition) is 3. The highest BCUT2D eigenvalue weighted by Crippen LogP contribution is 2.19. The topological polar surface area (TPSA) is 52.3 Å². The predicted molar refractivity (Wildman–Crippen MR) is 72.1 cm³/mol. The molecule has 0 aromatic heterocycles. The van der Waals surface area contributed by atoms with E-state index < -0.39 is 6.61 Å². The van der Waals surface area contributed by atoms with Crippen molar-refractivity contribution < 1.29 is 18.3 Å². The van der Waals surface area contributed by atoms with Crippen molar-refractivity contribution in [1.82, 2.24) is 0 Å². The minimum absolute atomic E-state index is 0.0186. The zero-order valence-electron chi connectivity index (χ0n) is 10.8. The molecule has 104 valence electrons. The molecular weight excluding hydrogens is 264 g/mol. The Morgan fingerprint density at radius 1 is 1.10 bits per heavy atom. The van der Waals surface area contributed by atoms with E-state index in [0.717, 1.165) is 5.56 Å². The van der Waals surface area contributed by atoms with Crippen LogP contribution >= 0.6 is 0 Å². The number of aryl methyl sites for hydroxylation is 1. The number of rotatable bonds is 4. The van der Waals surface area contributed by atoms with Gasteiger partial charge < -0.3 is 10.5 Å². The third-order valence-electron chi connectivity index (χ3n) is 2.87. The highest BCUT2D eigenvalue weighted by atomic mass is 19.3. The van der Waals surface area contributed by atoms with E-state index in [0.29, 0.717) is 16.8 Å². The Hall–Kier alpha value is -2.43. The van der Waals surface area contributed by atoms with Gasteiger partial charge in [-0.2, -0.15) is 8.78 Å². The fraction of sp³-hybridized carbons (Fsp3) is 0.133. The van der Waals surface area contributed by atoms with E-state index in [4.69, 9.17) is 5.73 Å². The largest absolute Gasteiger partial charge is 0.435 e. The molecule has 2 aromatic rings. The molecule has 0 saturated heterocycles. The molecule has 0 unspecified atom stereocenters. The molecule has 0 atom stereocenters. The van der Waals surface area contributed by atoms with E-state index in [1.54, 1.807) is 18.2 Å². The number of alkyl halides is 2. The third-order valence-corrected chi connectivity index (χ3v) is 2.87. The van der Waals surface area contributed by atoms with Crippen molar-refractivity contribution in [2.45, 2.75) is 13.5 Å². The predicted octanol–water partition coefficient (Wildman–Crippen LogP) is 3.41. The summed E-state index contributed by atoms with van der Waals surface area (Å²) in [7, 11) is 0. The molecule has 0 fully saturated rings. The summed E-state index contributed by atoms with van der Waals surface area (Å²) in [5.41, 5.74) is 8.02. The molecule has 0 aliphatic carbocycles. The Morgan fingerprint density at radius 3 is 2.25 bits per heavy atom. The van der Waals surface area contributed by atoms with Crippen LogP contribution in [0.1, 0.15) is 21.5 Å². The fourth-order valence-electron chi connectivity index (χ4n) is 1.77. The molecule has 0 heterocycles. The molecule has 0 aliphatic rings. The van der Waals surface area contributed by atoms with Gasteiger partial charge in [0, 0.05) is 16.8 Å². The normalized spacial score (nSPS) is 10.6. The van der Waals surface area contributed by atoms with E-state index >= 15 is 0 Å². The lowest BCUT2D eigenvalue weighted by Crippen LogP contribution is -2.04. The van der Waals surface area contributed by atoms with Crippen LogP contribution in [-0.4, -0.2) is 12.4 Å². The average Bonchev–Trinajstić information content (AvgIpc) is 2.41. The van der Waals surface area contributed by atoms with Crippen molar-refractivity contribution in [2.24, 2.45) is 0 Å². The smallest absolute Gasteiger partial charge is 0.387 e. The van der Waals surface area contributed by atoms with Crippen molar-refractivity contribution in [2.75, 3.05) is 5.73 Å². The molecule has 0 aliphatic heterocycles. The highest BCUT2D eigenvalue weighted by molar-refractivity contribution is 6.09. The summed E-state index contributed by atoms with van der Waals surface area (Å²) in [6.45, 7) is -1.07. The minimum Gasteiger partial charge on any atom is -0.435 e. The van der Waals surface area contributed by atoms with E-state index in [-0.39, 0.29) is 11.5 Å². The van der Waals surface area contributed by atoms with Gasteiger partial charge in [0.05, 0.1) is 0 Å². The molecule has 0 saturated carbocycles. The van der Waals surface area contributed by atoms with Crippen molar-refractivity contribution in [1.29, 1.82) is 0 Å². The van der Waals surface area contributed by atoms with Gasteiger partial charge in [0.2, 0.25) is 0 Å². The van der Waals surface area contributed by atoms with Gasteiger partial charge in [-0.1, -0.05) is 0 Å². The fourth-order valence-corrected chi connectivity index (χ4v) is 1.77. The number of nitrogens with two attached hydrogens (primary N) is 1. The number of ketones is 1. The van der Waals surface area contributed by atoms with Gasteiger partial charge >= 0.3 is 6.61 Å².